The van der Waals surface area contributed by atoms with E-state index in [4.69, 9.17) is 32.7 Å². The molecule has 0 fully saturated rings. The highest BCUT2D eigenvalue weighted by Gasteiger charge is 2.09. The van der Waals surface area contributed by atoms with Crippen molar-refractivity contribution >= 4 is 34.8 Å². The van der Waals surface area contributed by atoms with Crippen molar-refractivity contribution in [2.45, 2.75) is 0 Å². The lowest BCUT2D eigenvalue weighted by molar-refractivity contribution is -0.118. The van der Waals surface area contributed by atoms with E-state index in [1.54, 1.807) is 30.5 Å². The fraction of sp³-hybridized carbons (Fsp3) is 0.143. The minimum atomic E-state index is -0.354. The molecule has 2 aromatic rings. The van der Waals surface area contributed by atoms with Gasteiger partial charge in [0.05, 0.1) is 18.3 Å². The van der Waals surface area contributed by atoms with Crippen LogP contribution in [0.15, 0.2) is 36.7 Å². The second-order valence-corrected chi connectivity index (χ2v) is 4.83. The van der Waals surface area contributed by atoms with E-state index in [1.807, 2.05) is 0 Å². The highest BCUT2D eigenvalue weighted by atomic mass is 35.5. The molecule has 1 heterocycles. The molecule has 0 aliphatic carbocycles. The van der Waals surface area contributed by atoms with Crippen molar-refractivity contribution in [3.05, 3.63) is 46.7 Å². The van der Waals surface area contributed by atoms with Crippen LogP contribution < -0.4 is 14.8 Å². The van der Waals surface area contributed by atoms with Gasteiger partial charge >= 0.3 is 0 Å². The quantitative estimate of drug-likeness (QED) is 0.914. The summed E-state index contributed by atoms with van der Waals surface area (Å²) in [6.07, 6.45) is 3.06. The molecule has 2 rings (SSSR count). The summed E-state index contributed by atoms with van der Waals surface area (Å²) in [6.45, 7) is -0.195. The Hall–Kier alpha value is -1.98. The molecule has 5 nitrogen and oxygen atoms in total. The Morgan fingerprint density at radius 2 is 2.10 bits per heavy atom. The smallest absolute Gasteiger partial charge is 0.262 e. The van der Waals surface area contributed by atoms with Crippen molar-refractivity contribution in [1.82, 2.24) is 4.98 Å². The molecule has 0 saturated heterocycles. The molecule has 21 heavy (non-hydrogen) atoms. The molecule has 7 heteroatoms. The van der Waals surface area contributed by atoms with Gasteiger partial charge in [-0.1, -0.05) is 23.2 Å². The molecule has 1 N–H and O–H groups in total. The predicted octanol–water partition coefficient (Wildman–Crippen LogP) is 3.41. The number of ether oxygens (including phenoxy) is 2. The number of nitrogens with one attached hydrogen (secondary N) is 1. The molecule has 0 aliphatic heterocycles. The Kier molecular flexibility index (Phi) is 5.25. The number of halogens is 2. The Balaban J connectivity index is 1.96. The number of hydrogen-bond acceptors (Lipinski definition) is 4. The van der Waals surface area contributed by atoms with Crippen molar-refractivity contribution in [2.24, 2.45) is 0 Å². The number of pyridine rings is 1. The zero-order valence-corrected chi connectivity index (χ0v) is 12.6. The first kappa shape index (κ1) is 15.4. The van der Waals surface area contributed by atoms with Crippen LogP contribution in [0.2, 0.25) is 10.0 Å². The monoisotopic (exact) mass is 326 g/mol. The Labute approximate surface area is 131 Å². The van der Waals surface area contributed by atoms with E-state index in [0.717, 1.165) is 0 Å². The third kappa shape index (κ3) is 4.24. The van der Waals surface area contributed by atoms with Gasteiger partial charge in [0.1, 0.15) is 17.2 Å². The average molecular weight is 327 g/mol. The number of benzene rings is 1. The number of amides is 1. The number of rotatable bonds is 5. The topological polar surface area (TPSA) is 60.5 Å². The second kappa shape index (κ2) is 7.15. The summed E-state index contributed by atoms with van der Waals surface area (Å²) in [5.41, 5.74) is 0.468. The lowest BCUT2D eigenvalue weighted by Gasteiger charge is -2.10. The van der Waals surface area contributed by atoms with Crippen LogP contribution in [0, 0.1) is 0 Å². The van der Waals surface area contributed by atoms with Gasteiger partial charge in [-0.05, 0) is 18.2 Å². The largest absolute Gasteiger partial charge is 0.494 e. The molecule has 1 aromatic heterocycles. The number of methoxy groups -OCH3 is 1. The molecule has 110 valence electrons. The van der Waals surface area contributed by atoms with Crippen LogP contribution in [0.1, 0.15) is 0 Å². The van der Waals surface area contributed by atoms with Crippen molar-refractivity contribution < 1.29 is 14.3 Å². The van der Waals surface area contributed by atoms with E-state index >= 15 is 0 Å². The Bertz CT molecular complexity index is 650. The fourth-order valence-corrected chi connectivity index (χ4v) is 2.04. The van der Waals surface area contributed by atoms with E-state index in [-0.39, 0.29) is 12.5 Å². The predicted molar refractivity (Wildman–Crippen MR) is 81.4 cm³/mol. The average Bonchev–Trinajstić information content (AvgIpc) is 2.47. The van der Waals surface area contributed by atoms with Gasteiger partial charge in [0.25, 0.3) is 5.91 Å². The maximum absolute atomic E-state index is 11.8. The summed E-state index contributed by atoms with van der Waals surface area (Å²) in [7, 11) is 1.51. The lowest BCUT2D eigenvalue weighted by atomic mass is 10.3. The summed E-state index contributed by atoms with van der Waals surface area (Å²) in [5.74, 6) is 0.546. The SMILES string of the molecule is COc1ccncc1NC(=O)COc1ccc(Cl)cc1Cl. The first-order chi connectivity index (χ1) is 10.1. The summed E-state index contributed by atoms with van der Waals surface area (Å²) in [4.78, 5) is 15.8. The van der Waals surface area contributed by atoms with Crippen molar-refractivity contribution in [3.63, 3.8) is 0 Å². The van der Waals surface area contributed by atoms with E-state index in [1.165, 1.54) is 13.3 Å². The first-order valence-electron chi connectivity index (χ1n) is 5.96. The van der Waals surface area contributed by atoms with E-state index in [0.29, 0.717) is 27.2 Å². The number of carbonyl (C=O) groups is 1. The van der Waals surface area contributed by atoms with Gasteiger partial charge in [-0.25, -0.2) is 0 Å². The van der Waals surface area contributed by atoms with E-state index in [9.17, 15) is 4.79 Å². The zero-order valence-electron chi connectivity index (χ0n) is 11.1. The molecule has 0 bridgehead atoms. The van der Waals surface area contributed by atoms with Gasteiger partial charge in [-0.15, -0.1) is 0 Å². The maximum Gasteiger partial charge on any atom is 0.262 e. The molecule has 0 aliphatic rings. The van der Waals surface area contributed by atoms with Crippen LogP contribution in [-0.4, -0.2) is 24.6 Å². The van der Waals surface area contributed by atoms with Gasteiger partial charge in [0, 0.05) is 17.3 Å². The number of anilines is 1. The Morgan fingerprint density at radius 3 is 2.81 bits per heavy atom. The normalized spacial score (nSPS) is 10.0. The first-order valence-corrected chi connectivity index (χ1v) is 6.71. The molecular formula is C14H12Cl2N2O3. The molecule has 0 radical (unpaired) electrons. The van der Waals surface area contributed by atoms with Crippen molar-refractivity contribution in [3.8, 4) is 11.5 Å². The summed E-state index contributed by atoms with van der Waals surface area (Å²) >= 11 is 11.7. The van der Waals surface area contributed by atoms with Gasteiger partial charge < -0.3 is 14.8 Å². The minimum Gasteiger partial charge on any atom is -0.494 e. The highest BCUT2D eigenvalue weighted by Crippen LogP contribution is 2.27. The Morgan fingerprint density at radius 1 is 1.29 bits per heavy atom. The third-order valence-electron chi connectivity index (χ3n) is 2.53. The minimum absolute atomic E-state index is 0.195. The molecule has 0 spiro atoms. The number of aromatic nitrogens is 1. The van der Waals surface area contributed by atoms with Gasteiger partial charge in [-0.2, -0.15) is 0 Å². The van der Waals surface area contributed by atoms with Crippen molar-refractivity contribution in [1.29, 1.82) is 0 Å². The zero-order chi connectivity index (χ0) is 15.2. The molecule has 1 aromatic carbocycles. The molecule has 0 unspecified atom stereocenters. The second-order valence-electron chi connectivity index (χ2n) is 3.99. The van der Waals surface area contributed by atoms with Crippen LogP contribution in [0.25, 0.3) is 0 Å². The van der Waals surface area contributed by atoms with Crippen LogP contribution in [0.3, 0.4) is 0 Å². The molecule has 0 saturated carbocycles. The summed E-state index contributed by atoms with van der Waals surface area (Å²) in [5, 5.41) is 3.48. The van der Waals surface area contributed by atoms with Gasteiger partial charge in [0.2, 0.25) is 0 Å². The number of nitrogens with zero attached hydrogens (tertiary/aromatic N) is 1. The molecule has 1 amide bonds. The van der Waals surface area contributed by atoms with Crippen LogP contribution >= 0.6 is 23.2 Å². The summed E-state index contributed by atoms with van der Waals surface area (Å²) < 4.78 is 10.4. The lowest BCUT2D eigenvalue weighted by Crippen LogP contribution is -2.20. The van der Waals surface area contributed by atoms with Crippen LogP contribution in [0.4, 0.5) is 5.69 Å². The highest BCUT2D eigenvalue weighted by molar-refractivity contribution is 6.35. The standard InChI is InChI=1S/C14H12Cl2N2O3/c1-20-13-4-5-17-7-11(13)18-14(19)8-21-12-3-2-9(15)6-10(12)16/h2-7H,8H2,1H3,(H,18,19). The van der Waals surface area contributed by atoms with Crippen LogP contribution in [0.5, 0.6) is 11.5 Å². The van der Waals surface area contributed by atoms with Crippen molar-refractivity contribution in [2.75, 3.05) is 19.0 Å². The molecular weight excluding hydrogens is 315 g/mol. The van der Waals surface area contributed by atoms with Gasteiger partial charge in [-0.3, -0.25) is 9.78 Å². The van der Waals surface area contributed by atoms with Gasteiger partial charge in [0.15, 0.2) is 6.61 Å². The van der Waals surface area contributed by atoms with Crippen LogP contribution in [-0.2, 0) is 4.79 Å². The third-order valence-corrected chi connectivity index (χ3v) is 3.06. The fourth-order valence-electron chi connectivity index (χ4n) is 1.58. The maximum atomic E-state index is 11.8. The van der Waals surface area contributed by atoms with E-state index in [2.05, 4.69) is 10.3 Å². The number of hydrogen-bond donors (Lipinski definition) is 1. The van der Waals surface area contributed by atoms with E-state index < -0.39 is 0 Å². The molecule has 0 atom stereocenters. The summed E-state index contributed by atoms with van der Waals surface area (Å²) in [6, 6.07) is 6.42. The number of carbonyl (C=O) groups excluding carboxylic acids is 1.